The van der Waals surface area contributed by atoms with Crippen molar-refractivity contribution < 1.29 is 0 Å². The maximum absolute atomic E-state index is 4.43. The topological polar surface area (TPSA) is 46.8 Å². The van der Waals surface area contributed by atoms with Gasteiger partial charge in [0.15, 0.2) is 5.82 Å². The van der Waals surface area contributed by atoms with Crippen molar-refractivity contribution in [1.82, 2.24) is 25.1 Å². The van der Waals surface area contributed by atoms with Gasteiger partial charge in [-0.05, 0) is 67.4 Å². The molecule has 0 fully saturated rings. The predicted octanol–water partition coefficient (Wildman–Crippen LogP) is 3.33. The molecular weight excluding hydrogens is 310 g/mol. The van der Waals surface area contributed by atoms with E-state index in [0.717, 1.165) is 23.5 Å². The van der Waals surface area contributed by atoms with E-state index in [0.29, 0.717) is 0 Å². The van der Waals surface area contributed by atoms with Crippen LogP contribution in [0.25, 0.3) is 5.69 Å². The van der Waals surface area contributed by atoms with Crippen molar-refractivity contribution in [3.8, 4) is 5.69 Å². The van der Waals surface area contributed by atoms with E-state index in [1.807, 2.05) is 16.8 Å². The normalized spacial score (nSPS) is 19.6. The van der Waals surface area contributed by atoms with Gasteiger partial charge in [-0.1, -0.05) is 42.5 Å². The van der Waals surface area contributed by atoms with Crippen molar-refractivity contribution in [3.05, 3.63) is 71.0 Å². The van der Waals surface area contributed by atoms with E-state index < -0.39 is 0 Å². The quantitative estimate of drug-likeness (QED) is 0.722. The summed E-state index contributed by atoms with van der Waals surface area (Å²) in [5.74, 6) is 0.858. The van der Waals surface area contributed by atoms with Gasteiger partial charge in [-0.3, -0.25) is 4.90 Å². The van der Waals surface area contributed by atoms with Gasteiger partial charge in [0.1, 0.15) is 0 Å². The molecule has 5 nitrogen and oxygen atoms in total. The van der Waals surface area contributed by atoms with Crippen molar-refractivity contribution in [2.24, 2.45) is 0 Å². The lowest BCUT2D eigenvalue weighted by molar-refractivity contribution is 0.0993. The number of para-hydroxylation sites is 1. The Morgan fingerprint density at radius 2 is 1.76 bits per heavy atom. The first-order chi connectivity index (χ1) is 12.0. The molecule has 0 bridgehead atoms. The van der Waals surface area contributed by atoms with Gasteiger partial charge in [0.25, 0.3) is 0 Å². The van der Waals surface area contributed by atoms with E-state index >= 15 is 0 Å². The fraction of sp³-hybridized carbons (Fsp3) is 0.350. The Hall–Kier alpha value is -2.53. The predicted molar refractivity (Wildman–Crippen MR) is 97.7 cm³/mol. The Balaban J connectivity index is 1.91. The molecule has 1 aromatic heterocycles. The lowest BCUT2D eigenvalue weighted by Crippen LogP contribution is -2.49. The summed E-state index contributed by atoms with van der Waals surface area (Å²) in [4.78, 5) is 2.38. The standard InChI is InChI=1S/C20H23N5/c1-14-9-5-8-12-17(14)25-19(21-22-23-25)18-16-11-7-6-10-15(16)13-20(2,3)24(18)4/h5-12,18H,13H2,1-4H3/t18-/m0/s1. The number of aryl methyl sites for hydroxylation is 1. The van der Waals surface area contributed by atoms with Crippen molar-refractivity contribution in [2.45, 2.75) is 38.8 Å². The molecule has 0 amide bonds. The van der Waals surface area contributed by atoms with Gasteiger partial charge in [-0.25, -0.2) is 0 Å². The molecule has 0 saturated carbocycles. The highest BCUT2D eigenvalue weighted by atomic mass is 15.6. The second kappa shape index (κ2) is 5.77. The average Bonchev–Trinajstić information content (AvgIpc) is 3.05. The molecule has 0 radical (unpaired) electrons. The largest absolute Gasteiger partial charge is 0.287 e. The number of nitrogens with zero attached hydrogens (tertiary/aromatic N) is 5. The van der Waals surface area contributed by atoms with Crippen LogP contribution in [0.2, 0.25) is 0 Å². The third-order valence-corrected chi connectivity index (χ3v) is 5.40. The number of likely N-dealkylation sites (N-methyl/N-ethyl adjacent to an activating group) is 1. The third-order valence-electron chi connectivity index (χ3n) is 5.40. The van der Waals surface area contributed by atoms with E-state index in [9.17, 15) is 0 Å². The van der Waals surface area contributed by atoms with Crippen molar-refractivity contribution in [2.75, 3.05) is 7.05 Å². The Morgan fingerprint density at radius 1 is 1.04 bits per heavy atom. The van der Waals surface area contributed by atoms with E-state index in [-0.39, 0.29) is 11.6 Å². The van der Waals surface area contributed by atoms with Crippen LogP contribution >= 0.6 is 0 Å². The molecule has 2 heterocycles. The lowest BCUT2D eigenvalue weighted by Gasteiger charge is -2.45. The van der Waals surface area contributed by atoms with E-state index in [2.05, 4.69) is 84.6 Å². The molecular formula is C20H23N5. The van der Waals surface area contributed by atoms with Gasteiger partial charge in [0.2, 0.25) is 0 Å². The summed E-state index contributed by atoms with van der Waals surface area (Å²) in [5.41, 5.74) is 4.87. The molecule has 0 aliphatic carbocycles. The van der Waals surface area contributed by atoms with E-state index in [1.165, 1.54) is 11.1 Å². The lowest BCUT2D eigenvalue weighted by atomic mass is 9.81. The SMILES string of the molecule is Cc1ccccc1-n1nnnc1[C@@H]1c2ccccc2CC(C)(C)N1C. The molecule has 0 saturated heterocycles. The highest BCUT2D eigenvalue weighted by molar-refractivity contribution is 5.43. The van der Waals surface area contributed by atoms with Gasteiger partial charge in [0, 0.05) is 5.54 Å². The fourth-order valence-corrected chi connectivity index (χ4v) is 3.76. The third kappa shape index (κ3) is 2.55. The summed E-state index contributed by atoms with van der Waals surface area (Å²) < 4.78 is 1.88. The summed E-state index contributed by atoms with van der Waals surface area (Å²) in [6.07, 6.45) is 1.02. The van der Waals surface area contributed by atoms with Crippen LogP contribution in [0, 0.1) is 6.92 Å². The number of hydrogen-bond donors (Lipinski definition) is 0. The van der Waals surface area contributed by atoms with Crippen LogP contribution in [-0.4, -0.2) is 37.7 Å². The van der Waals surface area contributed by atoms with Crippen LogP contribution in [0.5, 0.6) is 0 Å². The Labute approximate surface area is 148 Å². The second-order valence-corrected chi connectivity index (χ2v) is 7.44. The van der Waals surface area contributed by atoms with Gasteiger partial charge in [-0.2, -0.15) is 4.68 Å². The number of tetrazole rings is 1. The molecule has 1 aliphatic rings. The van der Waals surface area contributed by atoms with E-state index in [1.54, 1.807) is 0 Å². The maximum Gasteiger partial charge on any atom is 0.178 e. The first-order valence-corrected chi connectivity index (χ1v) is 8.64. The maximum atomic E-state index is 4.43. The number of benzene rings is 2. The fourth-order valence-electron chi connectivity index (χ4n) is 3.76. The zero-order chi connectivity index (χ0) is 17.6. The summed E-state index contributed by atoms with van der Waals surface area (Å²) in [5, 5.41) is 12.7. The van der Waals surface area contributed by atoms with Crippen LogP contribution in [-0.2, 0) is 6.42 Å². The van der Waals surface area contributed by atoms with Crippen molar-refractivity contribution in [1.29, 1.82) is 0 Å². The highest BCUT2D eigenvalue weighted by Gasteiger charge is 2.40. The smallest absolute Gasteiger partial charge is 0.178 e. The Kier molecular flexibility index (Phi) is 3.69. The summed E-state index contributed by atoms with van der Waals surface area (Å²) in [6.45, 7) is 6.64. The zero-order valence-corrected chi connectivity index (χ0v) is 15.1. The molecule has 0 N–H and O–H groups in total. The van der Waals surface area contributed by atoms with Gasteiger partial charge >= 0.3 is 0 Å². The minimum absolute atomic E-state index is 0.0227. The first-order valence-electron chi connectivity index (χ1n) is 8.64. The van der Waals surface area contributed by atoms with Gasteiger partial charge in [-0.15, -0.1) is 5.10 Å². The molecule has 4 rings (SSSR count). The van der Waals surface area contributed by atoms with Crippen LogP contribution in [0.1, 0.15) is 42.4 Å². The van der Waals surface area contributed by atoms with E-state index in [4.69, 9.17) is 0 Å². The van der Waals surface area contributed by atoms with Crippen LogP contribution < -0.4 is 0 Å². The number of rotatable bonds is 2. The molecule has 1 atom stereocenters. The number of aromatic nitrogens is 4. The molecule has 0 unspecified atom stereocenters. The van der Waals surface area contributed by atoms with Crippen LogP contribution in [0.3, 0.4) is 0 Å². The zero-order valence-electron chi connectivity index (χ0n) is 15.1. The van der Waals surface area contributed by atoms with Crippen LogP contribution in [0.15, 0.2) is 48.5 Å². The molecule has 5 heteroatoms. The number of fused-ring (bicyclic) bond motifs is 1. The van der Waals surface area contributed by atoms with Crippen LogP contribution in [0.4, 0.5) is 0 Å². The second-order valence-electron chi connectivity index (χ2n) is 7.44. The first kappa shape index (κ1) is 16.0. The summed E-state index contributed by atoms with van der Waals surface area (Å²) in [7, 11) is 2.16. The molecule has 3 aromatic rings. The summed E-state index contributed by atoms with van der Waals surface area (Å²) in [6, 6.07) is 16.9. The van der Waals surface area contributed by atoms with Gasteiger partial charge < -0.3 is 0 Å². The summed E-state index contributed by atoms with van der Waals surface area (Å²) >= 11 is 0. The van der Waals surface area contributed by atoms with Crippen molar-refractivity contribution in [3.63, 3.8) is 0 Å². The molecule has 25 heavy (non-hydrogen) atoms. The molecule has 128 valence electrons. The van der Waals surface area contributed by atoms with Gasteiger partial charge in [0.05, 0.1) is 11.7 Å². The minimum Gasteiger partial charge on any atom is -0.287 e. The Bertz CT molecular complexity index is 912. The minimum atomic E-state index is 0.0227. The molecule has 0 spiro atoms. The molecule has 2 aromatic carbocycles. The number of hydrogen-bond acceptors (Lipinski definition) is 4. The highest BCUT2D eigenvalue weighted by Crippen LogP contribution is 2.40. The average molecular weight is 333 g/mol. The Morgan fingerprint density at radius 3 is 2.56 bits per heavy atom. The monoisotopic (exact) mass is 333 g/mol. The molecule has 1 aliphatic heterocycles. The van der Waals surface area contributed by atoms with Crippen molar-refractivity contribution >= 4 is 0 Å².